The van der Waals surface area contributed by atoms with E-state index < -0.39 is 17.6 Å². The number of esters is 1. The van der Waals surface area contributed by atoms with Crippen LogP contribution in [0.1, 0.15) is 29.3 Å². The standard InChI is InChI=1S/C20H16F2O2/c1-2-3-13-4-6-14(7-5-13)20(23)24-16-9-10-17-15(12-16)8-11-18(21)19(17)22/h4-12H,2-3H2,1H3. The molecule has 0 aliphatic carbocycles. The Labute approximate surface area is 138 Å². The lowest BCUT2D eigenvalue weighted by molar-refractivity contribution is 0.0735. The molecule has 0 amide bonds. The molecule has 3 rings (SSSR count). The minimum absolute atomic E-state index is 0.152. The first-order valence-electron chi connectivity index (χ1n) is 7.77. The molecule has 0 saturated heterocycles. The van der Waals surface area contributed by atoms with Crippen molar-refractivity contribution in [3.8, 4) is 5.75 Å². The average Bonchev–Trinajstić information content (AvgIpc) is 2.59. The number of ether oxygens (including phenoxy) is 1. The smallest absolute Gasteiger partial charge is 0.343 e. The highest BCUT2D eigenvalue weighted by molar-refractivity contribution is 5.92. The molecule has 3 aromatic rings. The highest BCUT2D eigenvalue weighted by Gasteiger charge is 2.11. The molecular formula is C20H16F2O2. The molecule has 0 radical (unpaired) electrons. The first-order chi connectivity index (χ1) is 11.6. The zero-order valence-electron chi connectivity index (χ0n) is 13.2. The van der Waals surface area contributed by atoms with Crippen LogP contribution >= 0.6 is 0 Å². The van der Waals surface area contributed by atoms with E-state index in [9.17, 15) is 13.6 Å². The van der Waals surface area contributed by atoms with Gasteiger partial charge in [0.25, 0.3) is 0 Å². The minimum atomic E-state index is -0.906. The summed E-state index contributed by atoms with van der Waals surface area (Å²) in [5.74, 6) is -2.01. The van der Waals surface area contributed by atoms with Gasteiger partial charge in [-0.05, 0) is 53.8 Å². The molecule has 0 aliphatic rings. The third-order valence-electron chi connectivity index (χ3n) is 3.82. The number of benzene rings is 3. The number of rotatable bonds is 4. The van der Waals surface area contributed by atoms with Crippen molar-refractivity contribution < 1.29 is 18.3 Å². The Morgan fingerprint density at radius 3 is 2.46 bits per heavy atom. The predicted octanol–water partition coefficient (Wildman–Crippen LogP) is 5.29. The monoisotopic (exact) mass is 326 g/mol. The summed E-state index contributed by atoms with van der Waals surface area (Å²) in [6.07, 6.45) is 2.00. The summed E-state index contributed by atoms with van der Waals surface area (Å²) in [6.45, 7) is 2.09. The largest absolute Gasteiger partial charge is 0.423 e. The molecule has 0 fully saturated rings. The maximum absolute atomic E-state index is 13.7. The fraction of sp³-hybridized carbons (Fsp3) is 0.150. The first kappa shape index (κ1) is 16.1. The van der Waals surface area contributed by atoms with E-state index >= 15 is 0 Å². The van der Waals surface area contributed by atoms with Gasteiger partial charge in [0, 0.05) is 5.39 Å². The van der Waals surface area contributed by atoms with Gasteiger partial charge in [0.05, 0.1) is 5.56 Å². The number of halogens is 2. The van der Waals surface area contributed by atoms with Gasteiger partial charge in [0.15, 0.2) is 11.6 Å². The molecule has 0 atom stereocenters. The Morgan fingerprint density at radius 2 is 1.75 bits per heavy atom. The van der Waals surface area contributed by atoms with E-state index in [4.69, 9.17) is 4.74 Å². The van der Waals surface area contributed by atoms with E-state index in [1.54, 1.807) is 12.1 Å². The van der Waals surface area contributed by atoms with Crippen LogP contribution < -0.4 is 4.74 Å². The van der Waals surface area contributed by atoms with E-state index in [2.05, 4.69) is 6.92 Å². The number of hydrogen-bond acceptors (Lipinski definition) is 2. The molecule has 0 N–H and O–H groups in total. The number of aryl methyl sites for hydroxylation is 1. The summed E-state index contributed by atoms with van der Waals surface area (Å²) in [6, 6.07) is 14.1. The van der Waals surface area contributed by atoms with Crippen molar-refractivity contribution >= 4 is 16.7 Å². The van der Waals surface area contributed by atoms with Crippen LogP contribution in [0.4, 0.5) is 8.78 Å². The Kier molecular flexibility index (Phi) is 4.56. The topological polar surface area (TPSA) is 26.3 Å². The second-order valence-electron chi connectivity index (χ2n) is 5.58. The summed E-state index contributed by atoms with van der Waals surface area (Å²) in [5, 5.41) is 0.621. The number of fused-ring (bicyclic) bond motifs is 1. The lowest BCUT2D eigenvalue weighted by atomic mass is 10.1. The van der Waals surface area contributed by atoms with Crippen LogP contribution in [-0.2, 0) is 6.42 Å². The molecule has 0 unspecified atom stereocenters. The molecule has 0 saturated carbocycles. The van der Waals surface area contributed by atoms with Crippen molar-refractivity contribution in [2.75, 3.05) is 0 Å². The molecule has 122 valence electrons. The molecule has 0 aliphatic heterocycles. The maximum atomic E-state index is 13.7. The minimum Gasteiger partial charge on any atom is -0.423 e. The highest BCUT2D eigenvalue weighted by Crippen LogP contribution is 2.25. The summed E-state index contributed by atoms with van der Waals surface area (Å²) in [4.78, 5) is 12.2. The van der Waals surface area contributed by atoms with Crippen molar-refractivity contribution in [2.24, 2.45) is 0 Å². The van der Waals surface area contributed by atoms with Crippen molar-refractivity contribution in [3.63, 3.8) is 0 Å². The van der Waals surface area contributed by atoms with Crippen molar-refractivity contribution in [1.82, 2.24) is 0 Å². The van der Waals surface area contributed by atoms with E-state index in [1.807, 2.05) is 12.1 Å². The van der Waals surface area contributed by atoms with Crippen LogP contribution in [0.3, 0.4) is 0 Å². The molecular weight excluding hydrogens is 310 g/mol. The Bertz CT molecular complexity index is 886. The number of hydrogen-bond donors (Lipinski definition) is 0. The lowest BCUT2D eigenvalue weighted by Crippen LogP contribution is -2.08. The van der Waals surface area contributed by atoms with Crippen LogP contribution in [0.2, 0.25) is 0 Å². The normalized spacial score (nSPS) is 10.8. The van der Waals surface area contributed by atoms with Crippen LogP contribution in [0.5, 0.6) is 5.75 Å². The molecule has 24 heavy (non-hydrogen) atoms. The van der Waals surface area contributed by atoms with Gasteiger partial charge < -0.3 is 4.74 Å². The van der Waals surface area contributed by atoms with E-state index in [0.29, 0.717) is 10.9 Å². The second kappa shape index (κ2) is 6.79. The quantitative estimate of drug-likeness (QED) is 0.481. The third-order valence-corrected chi connectivity index (χ3v) is 3.82. The number of carbonyl (C=O) groups is 1. The molecule has 4 heteroatoms. The fourth-order valence-corrected chi connectivity index (χ4v) is 2.57. The average molecular weight is 326 g/mol. The van der Waals surface area contributed by atoms with Crippen LogP contribution in [0.25, 0.3) is 10.8 Å². The SMILES string of the molecule is CCCc1ccc(C(=O)Oc2ccc3c(F)c(F)ccc3c2)cc1. The fourth-order valence-electron chi connectivity index (χ4n) is 2.57. The Hall–Kier alpha value is -2.75. The first-order valence-corrected chi connectivity index (χ1v) is 7.77. The van der Waals surface area contributed by atoms with Crippen LogP contribution in [0, 0.1) is 11.6 Å². The van der Waals surface area contributed by atoms with Gasteiger partial charge in [-0.3, -0.25) is 0 Å². The molecule has 2 nitrogen and oxygen atoms in total. The zero-order valence-corrected chi connectivity index (χ0v) is 13.2. The third kappa shape index (κ3) is 3.27. The molecule has 0 aromatic heterocycles. The number of carbonyl (C=O) groups excluding carboxylic acids is 1. The predicted molar refractivity (Wildman–Crippen MR) is 89.3 cm³/mol. The summed E-state index contributed by atoms with van der Waals surface area (Å²) >= 11 is 0. The van der Waals surface area contributed by atoms with Gasteiger partial charge >= 0.3 is 5.97 Å². The molecule has 0 bridgehead atoms. The zero-order chi connectivity index (χ0) is 17.1. The molecule has 0 spiro atoms. The van der Waals surface area contributed by atoms with Crippen LogP contribution in [0.15, 0.2) is 54.6 Å². The van der Waals surface area contributed by atoms with Gasteiger partial charge in [-0.1, -0.05) is 31.5 Å². The summed E-state index contributed by atoms with van der Waals surface area (Å²) in [7, 11) is 0. The highest BCUT2D eigenvalue weighted by atomic mass is 19.2. The summed E-state index contributed by atoms with van der Waals surface area (Å²) < 4.78 is 32.2. The van der Waals surface area contributed by atoms with Gasteiger partial charge in [0.2, 0.25) is 0 Å². The van der Waals surface area contributed by atoms with Crippen LogP contribution in [-0.4, -0.2) is 5.97 Å². The Morgan fingerprint density at radius 1 is 1.00 bits per heavy atom. The van der Waals surface area contributed by atoms with E-state index in [0.717, 1.165) is 24.5 Å². The molecule has 0 heterocycles. The lowest BCUT2D eigenvalue weighted by Gasteiger charge is -2.07. The maximum Gasteiger partial charge on any atom is 0.343 e. The van der Waals surface area contributed by atoms with Gasteiger partial charge in [-0.15, -0.1) is 0 Å². The van der Waals surface area contributed by atoms with Crippen molar-refractivity contribution in [1.29, 1.82) is 0 Å². The second-order valence-corrected chi connectivity index (χ2v) is 5.58. The van der Waals surface area contributed by atoms with Crippen molar-refractivity contribution in [3.05, 3.63) is 77.4 Å². The van der Waals surface area contributed by atoms with Crippen molar-refractivity contribution in [2.45, 2.75) is 19.8 Å². The van der Waals surface area contributed by atoms with E-state index in [1.165, 1.54) is 24.3 Å². The molecule has 3 aromatic carbocycles. The van der Waals surface area contributed by atoms with Gasteiger partial charge in [-0.2, -0.15) is 0 Å². The summed E-state index contributed by atoms with van der Waals surface area (Å²) in [5.41, 5.74) is 1.61. The van der Waals surface area contributed by atoms with Gasteiger partial charge in [0.1, 0.15) is 5.75 Å². The van der Waals surface area contributed by atoms with Gasteiger partial charge in [-0.25, -0.2) is 13.6 Å². The van der Waals surface area contributed by atoms with E-state index in [-0.39, 0.29) is 11.1 Å². The Balaban J connectivity index is 1.81.